The number of carbonyl (C=O) groups is 1. The minimum absolute atomic E-state index is 0.261. The Morgan fingerprint density at radius 1 is 0.826 bits per heavy atom. The van der Waals surface area contributed by atoms with Crippen molar-refractivity contribution in [2.24, 2.45) is 0 Å². The number of para-hydroxylation sites is 1. The molecule has 3 nitrogen and oxygen atoms in total. The molecule has 0 N–H and O–H groups in total. The number of hydrogen-bond donors (Lipinski definition) is 0. The number of furan rings is 1. The minimum atomic E-state index is 0.261. The number of carbonyl (C=O) groups excluding carboxylic acids is 1. The first kappa shape index (κ1) is 13.6. The van der Waals surface area contributed by atoms with Crippen LogP contribution in [0, 0.1) is 0 Å². The molecule has 3 aromatic rings. The van der Waals surface area contributed by atoms with E-state index >= 15 is 0 Å². The van der Waals surface area contributed by atoms with Gasteiger partial charge in [0, 0.05) is 22.3 Å². The largest absolute Gasteiger partial charge is 0.488 e. The Morgan fingerprint density at radius 3 is 2.39 bits per heavy atom. The third kappa shape index (κ3) is 2.36. The van der Waals surface area contributed by atoms with E-state index in [1.165, 1.54) is 0 Å². The van der Waals surface area contributed by atoms with Gasteiger partial charge >= 0.3 is 0 Å². The van der Waals surface area contributed by atoms with Gasteiger partial charge in [0.2, 0.25) is 0 Å². The Kier molecular flexibility index (Phi) is 3.31. The monoisotopic (exact) mass is 302 g/mol. The number of hydrogen-bond acceptors (Lipinski definition) is 3. The molecular formula is C20H14O3. The normalized spacial score (nSPS) is 13.4. The highest BCUT2D eigenvalue weighted by atomic mass is 16.5. The van der Waals surface area contributed by atoms with Gasteiger partial charge in [0.1, 0.15) is 30.2 Å². The molecule has 0 bridgehead atoms. The number of ether oxygens (including phenoxy) is 1. The highest BCUT2D eigenvalue weighted by Gasteiger charge is 2.23. The molecule has 0 fully saturated rings. The summed E-state index contributed by atoms with van der Waals surface area (Å²) < 4.78 is 11.7. The average molecular weight is 302 g/mol. The van der Waals surface area contributed by atoms with Gasteiger partial charge < -0.3 is 9.15 Å². The predicted molar refractivity (Wildman–Crippen MR) is 88.2 cm³/mol. The van der Waals surface area contributed by atoms with Crippen molar-refractivity contribution >= 4 is 11.9 Å². The van der Waals surface area contributed by atoms with Gasteiger partial charge in [-0.25, -0.2) is 0 Å². The summed E-state index contributed by atoms with van der Waals surface area (Å²) in [6.07, 6.45) is 0.843. The fourth-order valence-corrected chi connectivity index (χ4v) is 2.81. The molecule has 3 heteroatoms. The molecule has 0 unspecified atom stereocenters. The van der Waals surface area contributed by atoms with Gasteiger partial charge in [-0.05, 0) is 18.2 Å². The lowest BCUT2D eigenvalue weighted by molar-refractivity contribution is -0.105. The van der Waals surface area contributed by atoms with Gasteiger partial charge in [-0.2, -0.15) is 0 Å². The van der Waals surface area contributed by atoms with E-state index in [1.807, 2.05) is 66.7 Å². The van der Waals surface area contributed by atoms with Gasteiger partial charge in [0.15, 0.2) is 0 Å². The van der Waals surface area contributed by atoms with E-state index < -0.39 is 0 Å². The van der Waals surface area contributed by atoms with E-state index in [9.17, 15) is 4.79 Å². The molecule has 0 atom stereocenters. The number of benzene rings is 2. The van der Waals surface area contributed by atoms with Crippen LogP contribution in [0.1, 0.15) is 11.3 Å². The van der Waals surface area contributed by atoms with Gasteiger partial charge in [-0.3, -0.25) is 4.79 Å². The summed E-state index contributed by atoms with van der Waals surface area (Å²) in [5.41, 5.74) is 3.30. The lowest BCUT2D eigenvalue weighted by Crippen LogP contribution is -2.12. The fourth-order valence-electron chi connectivity index (χ4n) is 2.81. The zero-order valence-corrected chi connectivity index (χ0v) is 12.4. The van der Waals surface area contributed by atoms with Crippen LogP contribution in [0.4, 0.5) is 0 Å². The van der Waals surface area contributed by atoms with Crippen LogP contribution in [0.2, 0.25) is 0 Å². The Labute approximate surface area is 133 Å². The maximum Gasteiger partial charge on any atom is 0.150 e. The van der Waals surface area contributed by atoms with Crippen molar-refractivity contribution in [1.29, 1.82) is 0 Å². The van der Waals surface area contributed by atoms with E-state index in [2.05, 4.69) is 0 Å². The maximum atomic E-state index is 11.5. The molecule has 0 saturated carbocycles. The van der Waals surface area contributed by atoms with Crippen molar-refractivity contribution in [1.82, 2.24) is 0 Å². The minimum Gasteiger partial charge on any atom is -0.488 e. The maximum absolute atomic E-state index is 11.5. The summed E-state index contributed by atoms with van der Waals surface area (Å²) in [5, 5.41) is 0. The summed E-state index contributed by atoms with van der Waals surface area (Å²) in [6, 6.07) is 21.4. The first-order valence-electron chi connectivity index (χ1n) is 7.43. The second-order valence-corrected chi connectivity index (χ2v) is 5.33. The van der Waals surface area contributed by atoms with Crippen LogP contribution in [0.15, 0.2) is 76.7 Å². The van der Waals surface area contributed by atoms with Crippen molar-refractivity contribution in [3.63, 3.8) is 0 Å². The number of rotatable bonds is 3. The molecule has 4 rings (SSSR count). The van der Waals surface area contributed by atoms with E-state index in [4.69, 9.17) is 9.15 Å². The lowest BCUT2D eigenvalue weighted by atomic mass is 9.96. The van der Waals surface area contributed by atoms with E-state index in [1.54, 1.807) is 0 Å². The Balaban J connectivity index is 1.84. The molecule has 23 heavy (non-hydrogen) atoms. The topological polar surface area (TPSA) is 39.4 Å². The highest BCUT2D eigenvalue weighted by molar-refractivity contribution is 5.96. The van der Waals surface area contributed by atoms with Gasteiger partial charge in [-0.15, -0.1) is 0 Å². The third-order valence-electron chi connectivity index (χ3n) is 3.91. The molecule has 0 radical (unpaired) electrons. The predicted octanol–water partition coefficient (Wildman–Crippen LogP) is 4.34. The van der Waals surface area contributed by atoms with Crippen LogP contribution in [0.3, 0.4) is 0 Å². The molecule has 112 valence electrons. The fraction of sp³-hybridized carbons (Fsp3) is 0.0500. The van der Waals surface area contributed by atoms with E-state index in [-0.39, 0.29) is 6.61 Å². The Hall–Kier alpha value is -3.07. The SMILES string of the molecule is O=CC1=C(c2ccc(-c3ccccc3)o2)c2ccccc2OC1. The molecule has 0 spiro atoms. The molecular weight excluding hydrogens is 288 g/mol. The average Bonchev–Trinajstić information content (AvgIpc) is 3.11. The molecule has 0 saturated heterocycles. The van der Waals surface area contributed by atoms with Crippen molar-refractivity contribution in [2.75, 3.05) is 6.61 Å². The van der Waals surface area contributed by atoms with Gasteiger partial charge in [0.05, 0.1) is 0 Å². The van der Waals surface area contributed by atoms with Gasteiger partial charge in [0.25, 0.3) is 0 Å². The third-order valence-corrected chi connectivity index (χ3v) is 3.91. The van der Waals surface area contributed by atoms with Crippen molar-refractivity contribution in [3.8, 4) is 17.1 Å². The van der Waals surface area contributed by atoms with Crippen molar-refractivity contribution in [2.45, 2.75) is 0 Å². The molecule has 2 aromatic carbocycles. The standard InChI is InChI=1S/C20H14O3/c21-12-15-13-22-18-9-5-4-8-16(18)20(15)19-11-10-17(23-19)14-6-2-1-3-7-14/h1-12H,13H2. The Morgan fingerprint density at radius 2 is 1.57 bits per heavy atom. The number of aldehydes is 1. The molecule has 1 aliphatic heterocycles. The summed E-state index contributed by atoms with van der Waals surface area (Å²) in [7, 11) is 0. The van der Waals surface area contributed by atoms with E-state index in [0.717, 1.165) is 34.5 Å². The van der Waals surface area contributed by atoms with Crippen molar-refractivity contribution < 1.29 is 13.9 Å². The van der Waals surface area contributed by atoms with Crippen LogP contribution in [0.25, 0.3) is 16.9 Å². The first-order chi connectivity index (χ1) is 11.4. The highest BCUT2D eigenvalue weighted by Crippen LogP contribution is 2.38. The van der Waals surface area contributed by atoms with Crippen LogP contribution < -0.4 is 4.74 Å². The summed E-state index contributed by atoms with van der Waals surface area (Å²) in [6.45, 7) is 0.261. The zero-order chi connectivity index (χ0) is 15.6. The van der Waals surface area contributed by atoms with Crippen molar-refractivity contribution in [3.05, 3.63) is 83.6 Å². The van der Waals surface area contributed by atoms with E-state index in [0.29, 0.717) is 11.3 Å². The van der Waals surface area contributed by atoms with Crippen LogP contribution in [0.5, 0.6) is 5.75 Å². The molecule has 2 heterocycles. The summed E-state index contributed by atoms with van der Waals surface area (Å²) in [4.78, 5) is 11.5. The van der Waals surface area contributed by atoms with Gasteiger partial charge in [-0.1, -0.05) is 48.5 Å². The summed E-state index contributed by atoms with van der Waals surface area (Å²) >= 11 is 0. The number of fused-ring (bicyclic) bond motifs is 1. The quantitative estimate of drug-likeness (QED) is 0.676. The lowest BCUT2D eigenvalue weighted by Gasteiger charge is -2.20. The van der Waals surface area contributed by atoms with Crippen LogP contribution >= 0.6 is 0 Å². The van der Waals surface area contributed by atoms with Crippen LogP contribution in [-0.2, 0) is 4.79 Å². The molecule has 0 amide bonds. The van der Waals surface area contributed by atoms with Crippen LogP contribution in [-0.4, -0.2) is 12.9 Å². The zero-order valence-electron chi connectivity index (χ0n) is 12.4. The Bertz CT molecular complexity index is 888. The molecule has 0 aliphatic carbocycles. The molecule has 1 aromatic heterocycles. The molecule has 1 aliphatic rings. The second-order valence-electron chi connectivity index (χ2n) is 5.33. The smallest absolute Gasteiger partial charge is 0.150 e. The summed E-state index contributed by atoms with van der Waals surface area (Å²) in [5.74, 6) is 2.23. The first-order valence-corrected chi connectivity index (χ1v) is 7.43. The second kappa shape index (κ2) is 5.61.